The number of benzene rings is 1. The van der Waals surface area contributed by atoms with Crippen LogP contribution in [0.2, 0.25) is 0 Å². The van der Waals surface area contributed by atoms with Crippen molar-refractivity contribution >= 4 is 17.8 Å². The van der Waals surface area contributed by atoms with Crippen molar-refractivity contribution in [2.75, 3.05) is 26.2 Å². The number of likely N-dealkylation sites (N-methyl/N-ethyl adjacent to an activating group) is 1. The minimum atomic E-state index is -0.604. The summed E-state index contributed by atoms with van der Waals surface area (Å²) < 4.78 is 0. The van der Waals surface area contributed by atoms with E-state index in [0.29, 0.717) is 32.0 Å². The fourth-order valence-electron chi connectivity index (χ4n) is 4.01. The van der Waals surface area contributed by atoms with Crippen LogP contribution >= 0.6 is 0 Å². The Bertz CT molecular complexity index is 694. The standard InChI is InChI=1S/C21H30N4O3/c1-2-24-13-6-9-17(24)15-22-19(26)11-10-18-20(27)25(21(28)23-18)14-12-16-7-4-3-5-8-16/h3-5,7-8,17-18H,2,6,9-15H2,1H3,(H,22,26)(H,23,28). The van der Waals surface area contributed by atoms with Crippen molar-refractivity contribution in [1.29, 1.82) is 0 Å². The van der Waals surface area contributed by atoms with Crippen molar-refractivity contribution in [1.82, 2.24) is 20.4 Å². The highest BCUT2D eigenvalue weighted by molar-refractivity contribution is 6.04. The van der Waals surface area contributed by atoms with E-state index in [1.807, 2.05) is 30.3 Å². The van der Waals surface area contributed by atoms with E-state index in [2.05, 4.69) is 22.5 Å². The van der Waals surface area contributed by atoms with Crippen LogP contribution in [0.4, 0.5) is 4.79 Å². The highest BCUT2D eigenvalue weighted by atomic mass is 16.2. The van der Waals surface area contributed by atoms with Gasteiger partial charge in [0.1, 0.15) is 6.04 Å². The van der Waals surface area contributed by atoms with Crippen LogP contribution in [0, 0.1) is 0 Å². The topological polar surface area (TPSA) is 81.8 Å². The number of hydrogen-bond donors (Lipinski definition) is 2. The quantitative estimate of drug-likeness (QED) is 0.631. The van der Waals surface area contributed by atoms with Gasteiger partial charge in [0.25, 0.3) is 5.91 Å². The number of likely N-dealkylation sites (tertiary alicyclic amines) is 1. The van der Waals surface area contributed by atoms with Gasteiger partial charge in [0.15, 0.2) is 0 Å². The molecule has 0 aromatic heterocycles. The van der Waals surface area contributed by atoms with E-state index >= 15 is 0 Å². The minimum absolute atomic E-state index is 0.0623. The van der Waals surface area contributed by atoms with Gasteiger partial charge in [-0.15, -0.1) is 0 Å². The van der Waals surface area contributed by atoms with Crippen LogP contribution in [-0.2, 0) is 16.0 Å². The lowest BCUT2D eigenvalue weighted by molar-refractivity contribution is -0.127. The number of imide groups is 1. The Kier molecular flexibility index (Phi) is 7.03. The van der Waals surface area contributed by atoms with Gasteiger partial charge in [-0.2, -0.15) is 0 Å². The van der Waals surface area contributed by atoms with Crippen LogP contribution < -0.4 is 10.6 Å². The van der Waals surface area contributed by atoms with Crippen LogP contribution in [0.1, 0.15) is 38.2 Å². The summed E-state index contributed by atoms with van der Waals surface area (Å²) in [6.07, 6.45) is 3.49. The third-order valence-electron chi connectivity index (χ3n) is 5.67. The van der Waals surface area contributed by atoms with Gasteiger partial charge in [-0.3, -0.25) is 19.4 Å². The molecule has 2 heterocycles. The van der Waals surface area contributed by atoms with Gasteiger partial charge in [-0.1, -0.05) is 37.3 Å². The van der Waals surface area contributed by atoms with E-state index < -0.39 is 6.04 Å². The van der Waals surface area contributed by atoms with Crippen molar-refractivity contribution in [3.05, 3.63) is 35.9 Å². The molecule has 2 aliphatic heterocycles. The first-order valence-corrected chi connectivity index (χ1v) is 10.2. The molecule has 0 saturated carbocycles. The SMILES string of the molecule is CCN1CCCC1CNC(=O)CCC1NC(=O)N(CCc2ccccc2)C1=O. The molecule has 7 nitrogen and oxygen atoms in total. The van der Waals surface area contributed by atoms with Crippen LogP contribution in [0.3, 0.4) is 0 Å². The average molecular weight is 386 g/mol. The lowest BCUT2D eigenvalue weighted by Crippen LogP contribution is -2.40. The lowest BCUT2D eigenvalue weighted by atomic mass is 10.1. The number of rotatable bonds is 9. The average Bonchev–Trinajstić information content (AvgIpc) is 3.27. The zero-order valence-corrected chi connectivity index (χ0v) is 16.5. The Morgan fingerprint density at radius 2 is 2.04 bits per heavy atom. The molecule has 0 bridgehead atoms. The number of carbonyl (C=O) groups is 3. The molecule has 2 unspecified atom stereocenters. The molecule has 7 heteroatoms. The van der Waals surface area contributed by atoms with Crippen molar-refractivity contribution in [3.8, 4) is 0 Å². The predicted octanol–water partition coefficient (Wildman–Crippen LogP) is 1.53. The first-order chi connectivity index (χ1) is 13.6. The number of nitrogens with zero attached hydrogens (tertiary/aromatic N) is 2. The molecule has 0 aliphatic carbocycles. The summed E-state index contributed by atoms with van der Waals surface area (Å²) in [5.74, 6) is -0.297. The maximum atomic E-state index is 12.5. The Morgan fingerprint density at radius 3 is 2.79 bits per heavy atom. The van der Waals surface area contributed by atoms with Gasteiger partial charge < -0.3 is 10.6 Å². The van der Waals surface area contributed by atoms with Gasteiger partial charge >= 0.3 is 6.03 Å². The van der Waals surface area contributed by atoms with Crippen molar-refractivity contribution in [3.63, 3.8) is 0 Å². The van der Waals surface area contributed by atoms with Crippen LogP contribution in [0.15, 0.2) is 30.3 Å². The molecule has 152 valence electrons. The third-order valence-corrected chi connectivity index (χ3v) is 5.67. The second-order valence-electron chi connectivity index (χ2n) is 7.49. The van der Waals surface area contributed by atoms with Gasteiger partial charge in [-0.25, -0.2) is 4.79 Å². The molecule has 3 rings (SSSR count). The molecule has 28 heavy (non-hydrogen) atoms. The molecule has 2 aliphatic rings. The van der Waals surface area contributed by atoms with E-state index in [1.54, 1.807) is 0 Å². The summed E-state index contributed by atoms with van der Waals surface area (Å²) in [4.78, 5) is 40.4. The Balaban J connectivity index is 1.40. The second kappa shape index (κ2) is 9.68. The molecule has 4 amide bonds. The molecular formula is C21H30N4O3. The van der Waals surface area contributed by atoms with E-state index in [0.717, 1.165) is 25.1 Å². The second-order valence-corrected chi connectivity index (χ2v) is 7.49. The summed E-state index contributed by atoms with van der Waals surface area (Å²) >= 11 is 0. The zero-order chi connectivity index (χ0) is 19.9. The molecule has 0 spiro atoms. The van der Waals surface area contributed by atoms with Gasteiger partial charge in [0.2, 0.25) is 5.91 Å². The Hall–Kier alpha value is -2.41. The molecule has 2 fully saturated rings. The summed E-state index contributed by atoms with van der Waals surface area (Å²) in [5.41, 5.74) is 1.08. The van der Waals surface area contributed by atoms with Gasteiger partial charge in [0.05, 0.1) is 0 Å². The first-order valence-electron chi connectivity index (χ1n) is 10.2. The molecule has 2 saturated heterocycles. The predicted molar refractivity (Wildman–Crippen MR) is 107 cm³/mol. The number of hydrogen-bond acceptors (Lipinski definition) is 4. The van der Waals surface area contributed by atoms with Crippen LogP contribution in [0.25, 0.3) is 0 Å². The number of amides is 4. The number of carbonyl (C=O) groups excluding carboxylic acids is 3. The van der Waals surface area contributed by atoms with Gasteiger partial charge in [0, 0.05) is 25.6 Å². The fourth-order valence-corrected chi connectivity index (χ4v) is 4.01. The number of urea groups is 1. The summed E-state index contributed by atoms with van der Waals surface area (Å²) in [7, 11) is 0. The Labute approximate surface area is 166 Å². The molecule has 2 atom stereocenters. The number of nitrogens with one attached hydrogen (secondary N) is 2. The molecule has 1 aromatic carbocycles. The highest BCUT2D eigenvalue weighted by Crippen LogP contribution is 2.16. The monoisotopic (exact) mass is 386 g/mol. The fraction of sp³-hybridized carbons (Fsp3) is 0.571. The highest BCUT2D eigenvalue weighted by Gasteiger charge is 2.37. The van der Waals surface area contributed by atoms with Crippen LogP contribution in [0.5, 0.6) is 0 Å². The van der Waals surface area contributed by atoms with Crippen molar-refractivity contribution < 1.29 is 14.4 Å². The first kappa shape index (κ1) is 20.3. The molecular weight excluding hydrogens is 356 g/mol. The molecule has 2 N–H and O–H groups in total. The van der Waals surface area contributed by atoms with Crippen LogP contribution in [-0.4, -0.2) is 65.9 Å². The Morgan fingerprint density at radius 1 is 1.25 bits per heavy atom. The van der Waals surface area contributed by atoms with Crippen molar-refractivity contribution in [2.45, 2.75) is 51.1 Å². The summed E-state index contributed by atoms with van der Waals surface area (Å²) in [6.45, 7) is 5.24. The summed E-state index contributed by atoms with van der Waals surface area (Å²) in [6, 6.07) is 9.21. The zero-order valence-electron chi connectivity index (χ0n) is 16.5. The third kappa shape index (κ3) is 5.10. The lowest BCUT2D eigenvalue weighted by Gasteiger charge is -2.22. The van der Waals surface area contributed by atoms with E-state index in [-0.39, 0.29) is 24.3 Å². The van der Waals surface area contributed by atoms with E-state index in [9.17, 15) is 14.4 Å². The largest absolute Gasteiger partial charge is 0.355 e. The van der Waals surface area contributed by atoms with E-state index in [4.69, 9.17) is 0 Å². The maximum Gasteiger partial charge on any atom is 0.324 e. The minimum Gasteiger partial charge on any atom is -0.355 e. The van der Waals surface area contributed by atoms with Crippen molar-refractivity contribution in [2.24, 2.45) is 0 Å². The molecule has 1 aromatic rings. The van der Waals surface area contributed by atoms with Gasteiger partial charge in [-0.05, 0) is 44.3 Å². The molecule has 0 radical (unpaired) electrons. The smallest absolute Gasteiger partial charge is 0.324 e. The van der Waals surface area contributed by atoms with E-state index in [1.165, 1.54) is 11.3 Å². The maximum absolute atomic E-state index is 12.5. The normalized spacial score (nSPS) is 22.5. The summed E-state index contributed by atoms with van der Waals surface area (Å²) in [5, 5.41) is 5.69.